The fourth-order valence-electron chi connectivity index (χ4n) is 2.76. The van der Waals surface area contributed by atoms with E-state index in [1.165, 1.54) is 44.9 Å². The lowest BCUT2D eigenvalue weighted by molar-refractivity contribution is -0.121. The first-order chi connectivity index (χ1) is 7.27. The number of carbonyl (C=O) groups excluding carboxylic acids is 1. The van der Waals surface area contributed by atoms with E-state index in [4.69, 9.17) is 0 Å². The van der Waals surface area contributed by atoms with Crippen LogP contribution in [0.5, 0.6) is 0 Å². The van der Waals surface area contributed by atoms with Crippen molar-refractivity contribution < 1.29 is 4.79 Å². The summed E-state index contributed by atoms with van der Waals surface area (Å²) in [6.45, 7) is 2.25. The Bertz CT molecular complexity index is 191. The van der Waals surface area contributed by atoms with Gasteiger partial charge in [0.1, 0.15) is 0 Å². The van der Waals surface area contributed by atoms with Crippen molar-refractivity contribution in [3.63, 3.8) is 0 Å². The highest BCUT2D eigenvalue weighted by atomic mass is 16.1. The lowest BCUT2D eigenvalue weighted by Crippen LogP contribution is -2.23. The summed E-state index contributed by atoms with van der Waals surface area (Å²) in [5, 5.41) is 2.74. The standard InChI is InChI=1S/C13H25NO/c1-3-4-5-7-11-8-6-9-12(11)10-13(15)14-2/h11-12H,3-10H2,1-2H3,(H,14,15)/t11-,12-/m1/s1. The third kappa shape index (κ3) is 4.23. The minimum Gasteiger partial charge on any atom is -0.359 e. The quantitative estimate of drug-likeness (QED) is 0.672. The first-order valence-electron chi connectivity index (χ1n) is 6.48. The SMILES string of the molecule is CCCCC[C@@H]1CCC[C@@H]1CC(=O)NC. The molecule has 1 rings (SSSR count). The van der Waals surface area contributed by atoms with Crippen LogP contribution in [0.2, 0.25) is 0 Å². The Labute approximate surface area is 93.8 Å². The number of nitrogens with one attached hydrogen (secondary N) is 1. The van der Waals surface area contributed by atoms with Gasteiger partial charge in [0.2, 0.25) is 5.91 Å². The van der Waals surface area contributed by atoms with E-state index in [1.54, 1.807) is 7.05 Å². The van der Waals surface area contributed by atoms with Gasteiger partial charge in [-0.2, -0.15) is 0 Å². The van der Waals surface area contributed by atoms with Crippen LogP contribution in [0, 0.1) is 11.8 Å². The smallest absolute Gasteiger partial charge is 0.220 e. The second-order valence-corrected chi connectivity index (χ2v) is 4.82. The summed E-state index contributed by atoms with van der Waals surface area (Å²) < 4.78 is 0. The molecule has 0 radical (unpaired) electrons. The van der Waals surface area contributed by atoms with E-state index in [0.29, 0.717) is 5.92 Å². The number of rotatable bonds is 6. The summed E-state index contributed by atoms with van der Waals surface area (Å²) in [5.41, 5.74) is 0. The molecule has 88 valence electrons. The minimum absolute atomic E-state index is 0.224. The molecular formula is C13H25NO. The van der Waals surface area contributed by atoms with Gasteiger partial charge < -0.3 is 5.32 Å². The van der Waals surface area contributed by atoms with Gasteiger partial charge in [-0.25, -0.2) is 0 Å². The van der Waals surface area contributed by atoms with Crippen LogP contribution in [-0.4, -0.2) is 13.0 Å². The lowest BCUT2D eigenvalue weighted by atomic mass is 9.88. The van der Waals surface area contributed by atoms with Crippen molar-refractivity contribution in [1.29, 1.82) is 0 Å². The summed E-state index contributed by atoms with van der Waals surface area (Å²) in [4.78, 5) is 11.3. The highest BCUT2D eigenvalue weighted by Crippen LogP contribution is 2.37. The Kier molecular flexibility index (Phi) is 5.74. The van der Waals surface area contributed by atoms with Crippen molar-refractivity contribution in [2.45, 2.75) is 58.3 Å². The number of amides is 1. The van der Waals surface area contributed by atoms with E-state index in [2.05, 4.69) is 12.2 Å². The molecule has 1 aliphatic rings. The predicted molar refractivity (Wildman–Crippen MR) is 63.7 cm³/mol. The summed E-state index contributed by atoms with van der Waals surface area (Å²) in [5.74, 6) is 1.72. The second kappa shape index (κ2) is 6.86. The summed E-state index contributed by atoms with van der Waals surface area (Å²) >= 11 is 0. The molecule has 0 saturated heterocycles. The van der Waals surface area contributed by atoms with Crippen LogP contribution in [-0.2, 0) is 4.79 Å². The lowest BCUT2D eigenvalue weighted by Gasteiger charge is -2.18. The Morgan fingerprint density at radius 3 is 2.67 bits per heavy atom. The van der Waals surface area contributed by atoms with Crippen LogP contribution in [0.15, 0.2) is 0 Å². The number of carbonyl (C=O) groups is 1. The Morgan fingerprint density at radius 1 is 1.27 bits per heavy atom. The van der Waals surface area contributed by atoms with E-state index in [-0.39, 0.29) is 5.91 Å². The van der Waals surface area contributed by atoms with Crippen LogP contribution in [0.1, 0.15) is 58.3 Å². The van der Waals surface area contributed by atoms with Gasteiger partial charge in [-0.3, -0.25) is 4.79 Å². The molecule has 0 aromatic carbocycles. The van der Waals surface area contributed by atoms with Gasteiger partial charge in [0, 0.05) is 13.5 Å². The zero-order valence-electron chi connectivity index (χ0n) is 10.2. The molecule has 0 spiro atoms. The van der Waals surface area contributed by atoms with Gasteiger partial charge in [-0.05, 0) is 18.3 Å². The predicted octanol–water partition coefficient (Wildman–Crippen LogP) is 3.12. The average molecular weight is 211 g/mol. The van der Waals surface area contributed by atoms with Crippen molar-refractivity contribution in [3.8, 4) is 0 Å². The maximum Gasteiger partial charge on any atom is 0.220 e. The van der Waals surface area contributed by atoms with Gasteiger partial charge in [0.15, 0.2) is 0 Å². The largest absolute Gasteiger partial charge is 0.359 e. The molecule has 2 nitrogen and oxygen atoms in total. The molecule has 0 aromatic rings. The number of hydrogen-bond acceptors (Lipinski definition) is 1. The molecule has 1 fully saturated rings. The monoisotopic (exact) mass is 211 g/mol. The molecule has 1 amide bonds. The highest BCUT2D eigenvalue weighted by Gasteiger charge is 2.27. The maximum atomic E-state index is 11.3. The normalized spacial score (nSPS) is 25.5. The molecule has 1 N–H and O–H groups in total. The van der Waals surface area contributed by atoms with Gasteiger partial charge in [-0.15, -0.1) is 0 Å². The highest BCUT2D eigenvalue weighted by molar-refractivity contribution is 5.75. The van der Waals surface area contributed by atoms with Crippen molar-refractivity contribution in [1.82, 2.24) is 5.32 Å². The van der Waals surface area contributed by atoms with E-state index in [1.807, 2.05) is 0 Å². The van der Waals surface area contributed by atoms with Crippen molar-refractivity contribution in [3.05, 3.63) is 0 Å². The fourth-order valence-corrected chi connectivity index (χ4v) is 2.76. The van der Waals surface area contributed by atoms with Crippen LogP contribution >= 0.6 is 0 Å². The molecule has 0 unspecified atom stereocenters. The number of unbranched alkanes of at least 4 members (excludes halogenated alkanes) is 2. The van der Waals surface area contributed by atoms with E-state index in [0.717, 1.165) is 12.3 Å². The molecule has 1 aliphatic carbocycles. The molecule has 0 aliphatic heterocycles. The average Bonchev–Trinajstić information content (AvgIpc) is 2.66. The molecule has 0 aromatic heterocycles. The summed E-state index contributed by atoms with van der Waals surface area (Å²) in [6, 6.07) is 0. The van der Waals surface area contributed by atoms with Crippen LogP contribution in [0.4, 0.5) is 0 Å². The molecule has 0 bridgehead atoms. The Morgan fingerprint density at radius 2 is 2.00 bits per heavy atom. The van der Waals surface area contributed by atoms with Gasteiger partial charge >= 0.3 is 0 Å². The van der Waals surface area contributed by atoms with E-state index < -0.39 is 0 Å². The number of hydrogen-bond donors (Lipinski definition) is 1. The molecule has 0 heterocycles. The third-order valence-corrected chi connectivity index (χ3v) is 3.72. The van der Waals surface area contributed by atoms with Crippen LogP contribution in [0.3, 0.4) is 0 Å². The van der Waals surface area contributed by atoms with Gasteiger partial charge in [0.05, 0.1) is 0 Å². The summed E-state index contributed by atoms with van der Waals surface area (Å²) in [7, 11) is 1.74. The Balaban J connectivity index is 2.26. The zero-order valence-corrected chi connectivity index (χ0v) is 10.2. The van der Waals surface area contributed by atoms with Crippen molar-refractivity contribution in [2.24, 2.45) is 11.8 Å². The first-order valence-corrected chi connectivity index (χ1v) is 6.48. The van der Waals surface area contributed by atoms with Gasteiger partial charge in [0.25, 0.3) is 0 Å². The van der Waals surface area contributed by atoms with E-state index >= 15 is 0 Å². The zero-order chi connectivity index (χ0) is 11.1. The Hall–Kier alpha value is -0.530. The molecule has 2 heteroatoms. The third-order valence-electron chi connectivity index (χ3n) is 3.72. The maximum absolute atomic E-state index is 11.3. The topological polar surface area (TPSA) is 29.1 Å². The van der Waals surface area contributed by atoms with Gasteiger partial charge in [-0.1, -0.05) is 45.4 Å². The fraction of sp³-hybridized carbons (Fsp3) is 0.923. The van der Waals surface area contributed by atoms with Crippen LogP contribution in [0.25, 0.3) is 0 Å². The van der Waals surface area contributed by atoms with E-state index in [9.17, 15) is 4.79 Å². The molecule has 15 heavy (non-hydrogen) atoms. The first kappa shape index (κ1) is 12.5. The molecular weight excluding hydrogens is 186 g/mol. The minimum atomic E-state index is 0.224. The van der Waals surface area contributed by atoms with Crippen molar-refractivity contribution in [2.75, 3.05) is 7.05 Å². The second-order valence-electron chi connectivity index (χ2n) is 4.82. The molecule has 2 atom stereocenters. The van der Waals surface area contributed by atoms with Crippen molar-refractivity contribution >= 4 is 5.91 Å². The summed E-state index contributed by atoms with van der Waals surface area (Å²) in [6.07, 6.45) is 10.1. The molecule has 1 saturated carbocycles. The van der Waals surface area contributed by atoms with Crippen LogP contribution < -0.4 is 5.32 Å².